The number of Topliss-reactive ketones (excluding diaryl/α,β-unsaturated/α-hetero) is 1. The normalized spacial score (nSPS) is 24.4. The zero-order valence-corrected chi connectivity index (χ0v) is 13.0. The first kappa shape index (κ1) is 16.7. The van der Waals surface area contributed by atoms with Gasteiger partial charge in [0.1, 0.15) is 5.78 Å². The summed E-state index contributed by atoms with van der Waals surface area (Å²) in [5.41, 5.74) is 2.17. The van der Waals surface area contributed by atoms with Gasteiger partial charge < -0.3 is 10.2 Å². The van der Waals surface area contributed by atoms with Crippen LogP contribution in [0.15, 0.2) is 24.3 Å². The van der Waals surface area contributed by atoms with Gasteiger partial charge in [-0.2, -0.15) is 0 Å². The van der Waals surface area contributed by atoms with Gasteiger partial charge in [-0.1, -0.05) is 29.8 Å². The summed E-state index contributed by atoms with van der Waals surface area (Å²) in [7, 11) is 0. The number of carboxylic acids is 1. The van der Waals surface area contributed by atoms with Crippen LogP contribution in [0.1, 0.15) is 43.2 Å². The average molecular weight is 304 g/mol. The molecule has 0 radical (unpaired) electrons. The third-order valence-corrected chi connectivity index (χ3v) is 4.62. The first-order valence-electron chi connectivity index (χ1n) is 7.93. The number of aryl methyl sites for hydroxylation is 1. The van der Waals surface area contributed by atoms with E-state index in [0.29, 0.717) is 25.7 Å². The standard InChI is InChI=1S/C18H24O4/c1-12-3-2-4-13(9-12)10-15(19)7-5-14-6-8-17(20)16(14)11-18(21)22/h2-4,9,14,16-17,20H,5-8,10-11H2,1H3,(H,21,22). The Morgan fingerprint density at radius 1 is 1.27 bits per heavy atom. The molecule has 1 saturated carbocycles. The minimum absolute atomic E-state index is 0.00208. The average Bonchev–Trinajstić information content (AvgIpc) is 2.77. The van der Waals surface area contributed by atoms with Crippen molar-refractivity contribution in [3.63, 3.8) is 0 Å². The van der Waals surface area contributed by atoms with Gasteiger partial charge in [0.15, 0.2) is 0 Å². The highest BCUT2D eigenvalue weighted by Crippen LogP contribution is 2.37. The van der Waals surface area contributed by atoms with E-state index in [4.69, 9.17) is 5.11 Å². The van der Waals surface area contributed by atoms with Gasteiger partial charge in [0.05, 0.1) is 12.5 Å². The second-order valence-electron chi connectivity index (χ2n) is 6.41. The van der Waals surface area contributed by atoms with Crippen LogP contribution in [-0.4, -0.2) is 28.1 Å². The number of carboxylic acid groups (broad SMARTS) is 1. The number of carbonyl (C=O) groups is 2. The molecule has 0 heterocycles. The van der Waals surface area contributed by atoms with Gasteiger partial charge in [0.2, 0.25) is 0 Å². The molecular formula is C18H24O4. The maximum Gasteiger partial charge on any atom is 0.303 e. The van der Waals surface area contributed by atoms with Crippen LogP contribution in [0.2, 0.25) is 0 Å². The molecule has 2 N–H and O–H groups in total. The van der Waals surface area contributed by atoms with E-state index < -0.39 is 12.1 Å². The number of aliphatic hydroxyl groups excluding tert-OH is 1. The molecule has 4 nitrogen and oxygen atoms in total. The molecule has 1 aromatic rings. The molecule has 0 aromatic heterocycles. The lowest BCUT2D eigenvalue weighted by atomic mass is 9.87. The van der Waals surface area contributed by atoms with Crippen molar-refractivity contribution in [3.05, 3.63) is 35.4 Å². The van der Waals surface area contributed by atoms with Crippen molar-refractivity contribution in [2.24, 2.45) is 11.8 Å². The van der Waals surface area contributed by atoms with Gasteiger partial charge in [-0.3, -0.25) is 9.59 Å². The second-order valence-corrected chi connectivity index (χ2v) is 6.41. The van der Waals surface area contributed by atoms with Crippen molar-refractivity contribution >= 4 is 11.8 Å². The molecule has 0 bridgehead atoms. The van der Waals surface area contributed by atoms with Crippen LogP contribution in [0, 0.1) is 18.8 Å². The van der Waals surface area contributed by atoms with Crippen LogP contribution < -0.4 is 0 Å². The number of ketones is 1. The van der Waals surface area contributed by atoms with Gasteiger partial charge in [-0.05, 0) is 43.6 Å². The van der Waals surface area contributed by atoms with Crippen LogP contribution in [-0.2, 0) is 16.0 Å². The van der Waals surface area contributed by atoms with Crippen LogP contribution in [0.4, 0.5) is 0 Å². The van der Waals surface area contributed by atoms with Crippen LogP contribution in [0.5, 0.6) is 0 Å². The van der Waals surface area contributed by atoms with E-state index in [1.165, 1.54) is 0 Å². The topological polar surface area (TPSA) is 74.6 Å². The number of hydrogen-bond donors (Lipinski definition) is 2. The zero-order chi connectivity index (χ0) is 16.1. The third-order valence-electron chi connectivity index (χ3n) is 4.62. The van der Waals surface area contributed by atoms with Crippen molar-refractivity contribution in [2.45, 2.75) is 51.6 Å². The quantitative estimate of drug-likeness (QED) is 0.812. The molecule has 0 saturated heterocycles. The molecule has 1 aliphatic rings. The monoisotopic (exact) mass is 304 g/mol. The summed E-state index contributed by atoms with van der Waals surface area (Å²) < 4.78 is 0. The molecule has 1 fully saturated rings. The van der Waals surface area contributed by atoms with E-state index in [2.05, 4.69) is 0 Å². The largest absolute Gasteiger partial charge is 0.481 e. The SMILES string of the molecule is Cc1cccc(CC(=O)CCC2CCC(O)C2CC(=O)O)c1. The van der Waals surface area contributed by atoms with E-state index in [0.717, 1.165) is 17.5 Å². The Labute approximate surface area is 131 Å². The van der Waals surface area contributed by atoms with E-state index in [-0.39, 0.29) is 24.0 Å². The Kier molecular flexibility index (Phi) is 5.72. The Balaban J connectivity index is 1.84. The van der Waals surface area contributed by atoms with Crippen LogP contribution >= 0.6 is 0 Å². The lowest BCUT2D eigenvalue weighted by Gasteiger charge is -2.20. The van der Waals surface area contributed by atoms with E-state index in [1.807, 2.05) is 31.2 Å². The third kappa shape index (κ3) is 4.67. The number of benzene rings is 1. The minimum Gasteiger partial charge on any atom is -0.481 e. The molecule has 22 heavy (non-hydrogen) atoms. The molecular weight excluding hydrogens is 280 g/mol. The lowest BCUT2D eigenvalue weighted by Crippen LogP contribution is -2.23. The van der Waals surface area contributed by atoms with E-state index >= 15 is 0 Å². The summed E-state index contributed by atoms with van der Waals surface area (Å²) in [5.74, 6) is -0.750. The predicted molar refractivity (Wildman–Crippen MR) is 83.6 cm³/mol. The molecule has 120 valence electrons. The number of carbonyl (C=O) groups excluding carboxylic acids is 1. The maximum absolute atomic E-state index is 12.1. The van der Waals surface area contributed by atoms with Gasteiger partial charge in [0, 0.05) is 12.8 Å². The summed E-state index contributed by atoms with van der Waals surface area (Å²) in [4.78, 5) is 23.0. The molecule has 0 aliphatic heterocycles. The first-order chi connectivity index (χ1) is 10.5. The van der Waals surface area contributed by atoms with Crippen LogP contribution in [0.25, 0.3) is 0 Å². The molecule has 0 spiro atoms. The van der Waals surface area contributed by atoms with Crippen LogP contribution in [0.3, 0.4) is 0 Å². The lowest BCUT2D eigenvalue weighted by molar-refractivity contribution is -0.139. The van der Waals surface area contributed by atoms with Crippen molar-refractivity contribution in [3.8, 4) is 0 Å². The van der Waals surface area contributed by atoms with Crippen molar-refractivity contribution in [2.75, 3.05) is 0 Å². The molecule has 3 unspecified atom stereocenters. The van der Waals surface area contributed by atoms with Crippen molar-refractivity contribution in [1.82, 2.24) is 0 Å². The number of rotatable bonds is 7. The van der Waals surface area contributed by atoms with Gasteiger partial charge in [-0.15, -0.1) is 0 Å². The molecule has 3 atom stereocenters. The Morgan fingerprint density at radius 2 is 2.05 bits per heavy atom. The van der Waals surface area contributed by atoms with Crippen molar-refractivity contribution < 1.29 is 19.8 Å². The van der Waals surface area contributed by atoms with E-state index in [9.17, 15) is 14.7 Å². The fourth-order valence-electron chi connectivity index (χ4n) is 3.47. The fourth-order valence-corrected chi connectivity index (χ4v) is 3.47. The fraction of sp³-hybridized carbons (Fsp3) is 0.556. The van der Waals surface area contributed by atoms with E-state index in [1.54, 1.807) is 0 Å². The van der Waals surface area contributed by atoms with Gasteiger partial charge in [0.25, 0.3) is 0 Å². The van der Waals surface area contributed by atoms with Crippen molar-refractivity contribution in [1.29, 1.82) is 0 Å². The van der Waals surface area contributed by atoms with Gasteiger partial charge in [-0.25, -0.2) is 0 Å². The molecule has 4 heteroatoms. The highest BCUT2D eigenvalue weighted by atomic mass is 16.4. The number of aliphatic carboxylic acids is 1. The summed E-state index contributed by atoms with van der Waals surface area (Å²) >= 11 is 0. The number of hydrogen-bond acceptors (Lipinski definition) is 3. The first-order valence-corrected chi connectivity index (χ1v) is 7.93. The number of aliphatic hydroxyl groups is 1. The highest BCUT2D eigenvalue weighted by molar-refractivity contribution is 5.80. The highest BCUT2D eigenvalue weighted by Gasteiger charge is 2.36. The minimum atomic E-state index is -0.873. The molecule has 1 aliphatic carbocycles. The Bertz CT molecular complexity index is 538. The summed E-state index contributed by atoms with van der Waals surface area (Å²) in [6.45, 7) is 2.00. The Hall–Kier alpha value is -1.68. The Morgan fingerprint density at radius 3 is 2.73 bits per heavy atom. The molecule has 1 aromatic carbocycles. The summed E-state index contributed by atoms with van der Waals surface area (Å²) in [6, 6.07) is 7.93. The summed E-state index contributed by atoms with van der Waals surface area (Å²) in [6.07, 6.45) is 2.50. The second kappa shape index (κ2) is 7.54. The summed E-state index contributed by atoms with van der Waals surface area (Å²) in [5, 5.41) is 18.8. The smallest absolute Gasteiger partial charge is 0.303 e. The predicted octanol–water partition coefficient (Wildman–Crippen LogP) is 2.75. The maximum atomic E-state index is 12.1. The molecule has 2 rings (SSSR count). The molecule has 0 amide bonds. The zero-order valence-electron chi connectivity index (χ0n) is 13.0. The van der Waals surface area contributed by atoms with Gasteiger partial charge >= 0.3 is 5.97 Å².